The minimum absolute atomic E-state index is 0.479. The van der Waals surface area contributed by atoms with Gasteiger partial charge in [0.15, 0.2) is 0 Å². The summed E-state index contributed by atoms with van der Waals surface area (Å²) in [6.07, 6.45) is 0. The highest BCUT2D eigenvalue weighted by atomic mass is 16.5. The summed E-state index contributed by atoms with van der Waals surface area (Å²) >= 11 is 0. The van der Waals surface area contributed by atoms with E-state index in [1.54, 1.807) is 12.1 Å². The summed E-state index contributed by atoms with van der Waals surface area (Å²) in [5, 5.41) is 0. The minimum Gasteiger partial charge on any atom is -0.420 e. The highest BCUT2D eigenvalue weighted by Gasteiger charge is 2.38. The van der Waals surface area contributed by atoms with Crippen LogP contribution in [0.5, 0.6) is 5.75 Å². The zero-order chi connectivity index (χ0) is 12.4. The highest BCUT2D eigenvalue weighted by molar-refractivity contribution is 6.37. The number of carbonyl (C=O) groups is 2. The minimum atomic E-state index is -0.763. The van der Waals surface area contributed by atoms with E-state index in [-0.39, 0.29) is 0 Å². The number of rotatable bonds is 3. The average Bonchev–Trinajstić information content (AvgIpc) is 2.35. The normalized spacial score (nSPS) is 19.1. The first-order chi connectivity index (χ1) is 8.19. The highest BCUT2D eigenvalue weighted by Crippen LogP contribution is 2.34. The van der Waals surface area contributed by atoms with Gasteiger partial charge in [0.25, 0.3) is 5.78 Å². The fourth-order valence-corrected chi connectivity index (χ4v) is 2.15. The Morgan fingerprint density at radius 2 is 1.82 bits per heavy atom. The van der Waals surface area contributed by atoms with Crippen molar-refractivity contribution in [3.05, 3.63) is 29.8 Å². The second-order valence-electron chi connectivity index (χ2n) is 3.92. The predicted octanol–water partition coefficient (Wildman–Crippen LogP) is 1.56. The number of Topliss-reactive ketones (excluding diaryl/α,β-unsaturated/α-hetero) is 1. The van der Waals surface area contributed by atoms with Gasteiger partial charge in [-0.15, -0.1) is 0 Å². The lowest BCUT2D eigenvalue weighted by Crippen LogP contribution is -2.42. The van der Waals surface area contributed by atoms with Gasteiger partial charge in [0.1, 0.15) is 11.8 Å². The quantitative estimate of drug-likeness (QED) is 0.451. The van der Waals surface area contributed by atoms with Gasteiger partial charge in [0.05, 0.1) is 0 Å². The van der Waals surface area contributed by atoms with Crippen LogP contribution in [-0.2, 0) is 9.59 Å². The molecular weight excluding hydrogens is 218 g/mol. The van der Waals surface area contributed by atoms with Crippen LogP contribution in [-0.4, -0.2) is 29.7 Å². The Balaban J connectivity index is 2.48. The van der Waals surface area contributed by atoms with Gasteiger partial charge in [-0.3, -0.25) is 9.69 Å². The molecule has 0 aromatic heterocycles. The van der Waals surface area contributed by atoms with Crippen molar-refractivity contribution < 1.29 is 14.3 Å². The summed E-state index contributed by atoms with van der Waals surface area (Å²) in [6.45, 7) is 5.38. The molecule has 0 aliphatic carbocycles. The number of carbonyl (C=O) groups excluding carboxylic acids is 2. The second-order valence-corrected chi connectivity index (χ2v) is 3.92. The van der Waals surface area contributed by atoms with Crippen LogP contribution in [0.3, 0.4) is 0 Å². The van der Waals surface area contributed by atoms with Crippen LogP contribution >= 0.6 is 0 Å². The van der Waals surface area contributed by atoms with Crippen molar-refractivity contribution in [2.24, 2.45) is 0 Å². The zero-order valence-electron chi connectivity index (χ0n) is 9.97. The van der Waals surface area contributed by atoms with E-state index in [4.69, 9.17) is 4.74 Å². The Kier molecular flexibility index (Phi) is 3.24. The molecule has 1 aliphatic rings. The third-order valence-electron chi connectivity index (χ3n) is 3.04. The third-order valence-corrected chi connectivity index (χ3v) is 3.04. The van der Waals surface area contributed by atoms with Gasteiger partial charge in [-0.2, -0.15) is 0 Å². The van der Waals surface area contributed by atoms with Crippen molar-refractivity contribution in [2.45, 2.75) is 19.9 Å². The number of hydrogen-bond donors (Lipinski definition) is 0. The molecule has 0 fully saturated rings. The molecule has 0 N–H and O–H groups in total. The standard InChI is InChI=1S/C13H15NO3/c1-3-14(4-2)11-9-7-5-6-8-10(9)17-13(16)12(11)15/h5-8,11H,3-4H2,1-2H3. The second kappa shape index (κ2) is 4.67. The number of fused-ring (bicyclic) bond motifs is 1. The first-order valence-electron chi connectivity index (χ1n) is 5.78. The topological polar surface area (TPSA) is 46.6 Å². The molecule has 1 aliphatic heterocycles. The van der Waals surface area contributed by atoms with E-state index in [9.17, 15) is 9.59 Å². The van der Waals surface area contributed by atoms with Crippen LogP contribution in [0.15, 0.2) is 24.3 Å². The fourth-order valence-electron chi connectivity index (χ4n) is 2.15. The number of ketones is 1. The maximum atomic E-state index is 11.9. The SMILES string of the molecule is CCN(CC)C1C(=O)C(=O)Oc2ccccc21. The van der Waals surface area contributed by atoms with Crippen molar-refractivity contribution in [1.82, 2.24) is 4.90 Å². The summed E-state index contributed by atoms with van der Waals surface area (Å²) in [6, 6.07) is 6.70. The molecule has 2 rings (SSSR count). The van der Waals surface area contributed by atoms with E-state index < -0.39 is 17.8 Å². The van der Waals surface area contributed by atoms with Crippen molar-refractivity contribution in [3.63, 3.8) is 0 Å². The Labute approximate surface area is 100 Å². The molecule has 0 saturated carbocycles. The first kappa shape index (κ1) is 11.8. The molecule has 90 valence electrons. The van der Waals surface area contributed by atoms with Gasteiger partial charge in [0.2, 0.25) is 0 Å². The number of benzene rings is 1. The van der Waals surface area contributed by atoms with Crippen LogP contribution in [0.2, 0.25) is 0 Å². The molecule has 4 nitrogen and oxygen atoms in total. The molecule has 1 heterocycles. The number of para-hydroxylation sites is 1. The first-order valence-corrected chi connectivity index (χ1v) is 5.78. The average molecular weight is 233 g/mol. The lowest BCUT2D eigenvalue weighted by atomic mass is 9.97. The lowest BCUT2D eigenvalue weighted by molar-refractivity contribution is -0.151. The Morgan fingerprint density at radius 3 is 2.47 bits per heavy atom. The van der Waals surface area contributed by atoms with Gasteiger partial charge in [-0.25, -0.2) is 4.79 Å². The maximum absolute atomic E-state index is 11.9. The van der Waals surface area contributed by atoms with Gasteiger partial charge >= 0.3 is 5.97 Å². The zero-order valence-corrected chi connectivity index (χ0v) is 9.97. The molecule has 1 atom stereocenters. The van der Waals surface area contributed by atoms with Crippen LogP contribution in [0.1, 0.15) is 25.5 Å². The van der Waals surface area contributed by atoms with Crippen molar-refractivity contribution >= 4 is 11.8 Å². The number of likely N-dealkylation sites (N-methyl/N-ethyl adjacent to an activating group) is 1. The predicted molar refractivity (Wildman–Crippen MR) is 62.7 cm³/mol. The third kappa shape index (κ3) is 1.96. The number of nitrogens with zero attached hydrogens (tertiary/aromatic N) is 1. The fraction of sp³-hybridized carbons (Fsp3) is 0.385. The van der Waals surface area contributed by atoms with Crippen LogP contribution < -0.4 is 4.74 Å². The molecule has 1 aromatic carbocycles. The van der Waals surface area contributed by atoms with Crippen molar-refractivity contribution in [1.29, 1.82) is 0 Å². The summed E-state index contributed by atoms with van der Waals surface area (Å²) in [4.78, 5) is 25.4. The lowest BCUT2D eigenvalue weighted by Gasteiger charge is -2.31. The smallest absolute Gasteiger partial charge is 0.382 e. The van der Waals surface area contributed by atoms with Crippen LogP contribution in [0, 0.1) is 0 Å². The molecule has 1 aromatic rings. The number of hydrogen-bond acceptors (Lipinski definition) is 4. The molecule has 4 heteroatoms. The van der Waals surface area contributed by atoms with E-state index in [2.05, 4.69) is 0 Å². The molecule has 0 spiro atoms. The van der Waals surface area contributed by atoms with Crippen molar-refractivity contribution in [3.8, 4) is 5.75 Å². The van der Waals surface area contributed by atoms with E-state index in [0.29, 0.717) is 18.8 Å². The molecular formula is C13H15NO3. The van der Waals surface area contributed by atoms with Gasteiger partial charge < -0.3 is 4.74 Å². The molecule has 17 heavy (non-hydrogen) atoms. The summed E-state index contributed by atoms with van der Waals surface area (Å²) in [5.74, 6) is -0.748. The molecule has 1 unspecified atom stereocenters. The van der Waals surface area contributed by atoms with E-state index in [1.165, 1.54) is 0 Å². The molecule has 0 radical (unpaired) electrons. The van der Waals surface area contributed by atoms with E-state index >= 15 is 0 Å². The Morgan fingerprint density at radius 1 is 1.18 bits per heavy atom. The van der Waals surface area contributed by atoms with Gasteiger partial charge in [-0.05, 0) is 19.2 Å². The summed E-state index contributed by atoms with van der Waals surface area (Å²) < 4.78 is 5.00. The summed E-state index contributed by atoms with van der Waals surface area (Å²) in [7, 11) is 0. The molecule has 0 bridgehead atoms. The van der Waals surface area contributed by atoms with Crippen molar-refractivity contribution in [2.75, 3.05) is 13.1 Å². The monoisotopic (exact) mass is 233 g/mol. The van der Waals surface area contributed by atoms with E-state index in [0.717, 1.165) is 5.56 Å². The molecule has 0 saturated heterocycles. The summed E-state index contributed by atoms with van der Waals surface area (Å²) in [5.41, 5.74) is 0.779. The Hall–Kier alpha value is -1.68. The number of esters is 1. The Bertz CT molecular complexity index is 452. The maximum Gasteiger partial charge on any atom is 0.382 e. The number of ether oxygens (including phenoxy) is 1. The van der Waals surface area contributed by atoms with Gasteiger partial charge in [0, 0.05) is 5.56 Å². The molecule has 0 amide bonds. The van der Waals surface area contributed by atoms with Gasteiger partial charge in [-0.1, -0.05) is 32.0 Å². The van der Waals surface area contributed by atoms with E-state index in [1.807, 2.05) is 30.9 Å². The van der Waals surface area contributed by atoms with Crippen LogP contribution in [0.4, 0.5) is 0 Å². The van der Waals surface area contributed by atoms with Crippen LogP contribution in [0.25, 0.3) is 0 Å². The largest absolute Gasteiger partial charge is 0.420 e.